The van der Waals surface area contributed by atoms with Crippen LogP contribution in [0.5, 0.6) is 0 Å². The summed E-state index contributed by atoms with van der Waals surface area (Å²) in [5.74, 6) is 0.359. The van der Waals surface area contributed by atoms with Crippen LogP contribution in [0.2, 0.25) is 0 Å². The Balaban J connectivity index is 3.54. The molecule has 0 spiro atoms. The summed E-state index contributed by atoms with van der Waals surface area (Å²) in [6.45, 7) is 8.56. The maximum atomic E-state index is 12.4. The Kier molecular flexibility index (Phi) is 32.7. The number of allylic oxidation sites excluding steroid dienone is 2. The van der Waals surface area contributed by atoms with Crippen LogP contribution in [-0.2, 0) is 4.79 Å². The van der Waals surface area contributed by atoms with E-state index in [1.54, 1.807) is 0 Å². The molecule has 0 heterocycles. The summed E-state index contributed by atoms with van der Waals surface area (Å²) < 4.78 is 0. The van der Waals surface area contributed by atoms with Gasteiger partial charge in [-0.05, 0) is 38.5 Å². The van der Waals surface area contributed by atoms with Gasteiger partial charge in [0, 0.05) is 19.5 Å². The third-order valence-electron chi connectivity index (χ3n) is 8.38. The van der Waals surface area contributed by atoms with Gasteiger partial charge < -0.3 is 4.90 Å². The van der Waals surface area contributed by atoms with E-state index in [9.17, 15) is 4.79 Å². The Morgan fingerprint density at radius 1 is 0.410 bits per heavy atom. The van der Waals surface area contributed by atoms with Crippen LogP contribution in [-0.4, -0.2) is 23.9 Å². The molecule has 0 aliphatic carbocycles. The Labute approximate surface area is 247 Å². The van der Waals surface area contributed by atoms with Crippen molar-refractivity contribution in [3.05, 3.63) is 12.2 Å². The lowest BCUT2D eigenvalue weighted by Crippen LogP contribution is -2.32. The highest BCUT2D eigenvalue weighted by molar-refractivity contribution is 5.75. The first-order chi connectivity index (χ1) is 19.3. The molecule has 0 saturated heterocycles. The van der Waals surface area contributed by atoms with E-state index in [1.807, 2.05) is 6.92 Å². The van der Waals surface area contributed by atoms with Gasteiger partial charge in [-0.3, -0.25) is 4.79 Å². The highest BCUT2D eigenvalue weighted by Gasteiger charge is 2.10. The Morgan fingerprint density at radius 2 is 0.692 bits per heavy atom. The van der Waals surface area contributed by atoms with Crippen molar-refractivity contribution in [3.8, 4) is 0 Å². The van der Waals surface area contributed by atoms with Crippen molar-refractivity contribution in [1.29, 1.82) is 0 Å². The van der Waals surface area contributed by atoms with Crippen LogP contribution in [0, 0.1) is 0 Å². The van der Waals surface area contributed by atoms with Crippen LogP contribution in [0.25, 0.3) is 0 Å². The Bertz CT molecular complexity index is 500. The van der Waals surface area contributed by atoms with Crippen molar-refractivity contribution < 1.29 is 4.79 Å². The maximum Gasteiger partial charge on any atom is 0.222 e. The van der Waals surface area contributed by atoms with Crippen molar-refractivity contribution in [3.63, 3.8) is 0 Å². The van der Waals surface area contributed by atoms with E-state index in [2.05, 4.69) is 30.9 Å². The molecule has 232 valence electrons. The molecule has 0 unspecified atom stereocenters. The molecule has 0 aromatic heterocycles. The van der Waals surface area contributed by atoms with Crippen molar-refractivity contribution in [2.24, 2.45) is 0 Å². The molecular formula is C37H73NO. The van der Waals surface area contributed by atoms with Crippen LogP contribution in [0.1, 0.15) is 207 Å². The molecule has 0 fully saturated rings. The largest absolute Gasteiger partial charge is 0.343 e. The zero-order valence-electron chi connectivity index (χ0n) is 27.4. The highest BCUT2D eigenvalue weighted by Crippen LogP contribution is 2.14. The number of carbonyl (C=O) groups excluding carboxylic acids is 1. The molecule has 39 heavy (non-hydrogen) atoms. The predicted molar refractivity (Wildman–Crippen MR) is 177 cm³/mol. The van der Waals surface area contributed by atoms with E-state index < -0.39 is 0 Å². The Morgan fingerprint density at radius 3 is 1.00 bits per heavy atom. The van der Waals surface area contributed by atoms with Gasteiger partial charge in [-0.15, -0.1) is 0 Å². The second kappa shape index (κ2) is 33.4. The lowest BCUT2D eigenvalue weighted by Gasteiger charge is -2.22. The minimum atomic E-state index is 0.359. The summed E-state index contributed by atoms with van der Waals surface area (Å²) in [5, 5.41) is 0. The molecule has 0 aliphatic heterocycles. The van der Waals surface area contributed by atoms with Gasteiger partial charge in [0.05, 0.1) is 0 Å². The Hall–Kier alpha value is -0.790. The SMILES string of the molecule is CCCCCCCC/C=C\CCCCCCCCN(CCCCCCCCCCCCCCCC)C(=O)CC. The minimum Gasteiger partial charge on any atom is -0.343 e. The fourth-order valence-corrected chi connectivity index (χ4v) is 5.63. The minimum absolute atomic E-state index is 0.359. The first kappa shape index (κ1) is 38.2. The smallest absolute Gasteiger partial charge is 0.222 e. The molecule has 0 aliphatic rings. The number of hydrogen-bond donors (Lipinski definition) is 0. The summed E-state index contributed by atoms with van der Waals surface area (Å²) in [4.78, 5) is 14.5. The molecule has 0 N–H and O–H groups in total. The van der Waals surface area contributed by atoms with Gasteiger partial charge in [0.2, 0.25) is 5.91 Å². The lowest BCUT2D eigenvalue weighted by atomic mass is 10.0. The number of nitrogens with zero attached hydrogens (tertiary/aromatic N) is 1. The molecular weight excluding hydrogens is 474 g/mol. The molecule has 0 atom stereocenters. The van der Waals surface area contributed by atoms with Crippen LogP contribution in [0.3, 0.4) is 0 Å². The quantitative estimate of drug-likeness (QED) is 0.0605. The van der Waals surface area contributed by atoms with Crippen molar-refractivity contribution >= 4 is 5.91 Å². The number of unbranched alkanes of at least 4 members (excludes halogenated alkanes) is 25. The molecule has 0 aromatic rings. The third kappa shape index (κ3) is 30.0. The molecule has 2 nitrogen and oxygen atoms in total. The van der Waals surface area contributed by atoms with Gasteiger partial charge in [-0.1, -0.05) is 174 Å². The van der Waals surface area contributed by atoms with Crippen LogP contribution >= 0.6 is 0 Å². The van der Waals surface area contributed by atoms with Crippen LogP contribution in [0.4, 0.5) is 0 Å². The van der Waals surface area contributed by atoms with E-state index in [1.165, 1.54) is 180 Å². The summed E-state index contributed by atoms with van der Waals surface area (Å²) in [6.07, 6.45) is 43.7. The fourth-order valence-electron chi connectivity index (χ4n) is 5.63. The average molecular weight is 548 g/mol. The summed E-state index contributed by atoms with van der Waals surface area (Å²) in [7, 11) is 0. The molecule has 0 bridgehead atoms. The maximum absolute atomic E-state index is 12.4. The second-order valence-corrected chi connectivity index (χ2v) is 12.3. The number of rotatable bonds is 32. The molecule has 1 amide bonds. The topological polar surface area (TPSA) is 20.3 Å². The summed E-state index contributed by atoms with van der Waals surface area (Å²) in [6, 6.07) is 0. The first-order valence-electron chi connectivity index (χ1n) is 18.2. The van der Waals surface area contributed by atoms with E-state index >= 15 is 0 Å². The number of amides is 1. The molecule has 0 aromatic carbocycles. The van der Waals surface area contributed by atoms with Crippen molar-refractivity contribution in [1.82, 2.24) is 4.90 Å². The average Bonchev–Trinajstić information content (AvgIpc) is 2.95. The van der Waals surface area contributed by atoms with E-state index in [0.29, 0.717) is 12.3 Å². The molecule has 0 radical (unpaired) electrons. The second-order valence-electron chi connectivity index (χ2n) is 12.3. The van der Waals surface area contributed by atoms with Gasteiger partial charge in [0.15, 0.2) is 0 Å². The van der Waals surface area contributed by atoms with Crippen LogP contribution < -0.4 is 0 Å². The van der Waals surface area contributed by atoms with Gasteiger partial charge in [0.25, 0.3) is 0 Å². The predicted octanol–water partition coefficient (Wildman–Crippen LogP) is 12.7. The standard InChI is InChI=1S/C37H73NO/c1-4-7-9-11-13-15-17-19-21-22-24-26-28-30-32-34-36-38(37(39)6-3)35-33-31-29-27-25-23-20-18-16-14-12-10-8-5-2/h19,21H,4-18,20,22-36H2,1-3H3/b21-19-. The van der Waals surface area contributed by atoms with Crippen LogP contribution in [0.15, 0.2) is 12.2 Å². The third-order valence-corrected chi connectivity index (χ3v) is 8.38. The van der Waals surface area contributed by atoms with Gasteiger partial charge >= 0.3 is 0 Å². The highest BCUT2D eigenvalue weighted by atomic mass is 16.2. The zero-order chi connectivity index (χ0) is 28.5. The van der Waals surface area contributed by atoms with Gasteiger partial charge in [-0.25, -0.2) is 0 Å². The summed E-state index contributed by atoms with van der Waals surface area (Å²) >= 11 is 0. The van der Waals surface area contributed by atoms with Gasteiger partial charge in [-0.2, -0.15) is 0 Å². The van der Waals surface area contributed by atoms with E-state index in [4.69, 9.17) is 0 Å². The first-order valence-corrected chi connectivity index (χ1v) is 18.2. The van der Waals surface area contributed by atoms with E-state index in [0.717, 1.165) is 13.1 Å². The fraction of sp³-hybridized carbons (Fsp3) is 0.919. The number of carbonyl (C=O) groups is 1. The molecule has 0 saturated carbocycles. The molecule has 0 rings (SSSR count). The van der Waals surface area contributed by atoms with Crippen molar-refractivity contribution in [2.75, 3.05) is 13.1 Å². The summed E-state index contributed by atoms with van der Waals surface area (Å²) in [5.41, 5.74) is 0. The normalized spacial score (nSPS) is 11.6. The van der Waals surface area contributed by atoms with Gasteiger partial charge in [0.1, 0.15) is 0 Å². The van der Waals surface area contributed by atoms with Crippen molar-refractivity contribution in [2.45, 2.75) is 207 Å². The monoisotopic (exact) mass is 548 g/mol. The number of hydrogen-bond acceptors (Lipinski definition) is 1. The zero-order valence-corrected chi connectivity index (χ0v) is 27.4. The molecule has 2 heteroatoms. The lowest BCUT2D eigenvalue weighted by molar-refractivity contribution is -0.131. The van der Waals surface area contributed by atoms with E-state index in [-0.39, 0.29) is 0 Å².